The minimum Gasteiger partial charge on any atom is -0.539 e. The zero-order chi connectivity index (χ0) is 9.26. The fraction of sp³-hybridized carbons (Fsp3) is 0.182. The Morgan fingerprint density at radius 3 is 2.29 bits per heavy atom. The van der Waals surface area contributed by atoms with Crippen molar-refractivity contribution in [1.29, 1.82) is 0 Å². The molecule has 2 nitrogen and oxygen atoms in total. The van der Waals surface area contributed by atoms with E-state index in [1.807, 2.05) is 30.3 Å². The van der Waals surface area contributed by atoms with E-state index in [-0.39, 0.29) is 18.9 Å². The van der Waals surface area contributed by atoms with Gasteiger partial charge in [0.2, 0.25) is 0 Å². The van der Waals surface area contributed by atoms with Crippen LogP contribution in [0.5, 0.6) is 11.5 Å². The largest absolute Gasteiger partial charge is 1.00 e. The van der Waals surface area contributed by atoms with Gasteiger partial charge in [0.1, 0.15) is 0 Å². The maximum Gasteiger partial charge on any atom is 1.00 e. The number of hydrogen-bond donors (Lipinski definition) is 0. The quantitative estimate of drug-likeness (QED) is 0.464. The fourth-order valence-electron chi connectivity index (χ4n) is 1.54. The van der Waals surface area contributed by atoms with Crippen molar-refractivity contribution >= 4 is 10.8 Å². The van der Waals surface area contributed by atoms with Gasteiger partial charge in [-0.15, -0.1) is 11.5 Å². The topological polar surface area (TPSA) is 18.5 Å². The molecule has 0 saturated heterocycles. The van der Waals surface area contributed by atoms with Gasteiger partial charge in [-0.3, -0.25) is 0 Å². The molecule has 0 aliphatic heterocycles. The number of rotatable bonds is 2. The Morgan fingerprint density at radius 2 is 1.64 bits per heavy atom. The molecule has 2 aromatic carbocycles. The SMILES string of the molecule is COc1ccc(OC)c2[cH-]ccc12.[Li+]. The van der Waals surface area contributed by atoms with E-state index in [9.17, 15) is 0 Å². The van der Waals surface area contributed by atoms with E-state index in [1.165, 1.54) is 0 Å². The summed E-state index contributed by atoms with van der Waals surface area (Å²) in [5.74, 6) is 1.78. The summed E-state index contributed by atoms with van der Waals surface area (Å²) in [5.41, 5.74) is 0. The number of methoxy groups -OCH3 is 2. The summed E-state index contributed by atoms with van der Waals surface area (Å²) in [6.07, 6.45) is 0. The van der Waals surface area contributed by atoms with E-state index in [0.717, 1.165) is 22.3 Å². The van der Waals surface area contributed by atoms with Gasteiger partial charge < -0.3 is 9.47 Å². The molecule has 0 fully saturated rings. The Labute approximate surface area is 95.4 Å². The van der Waals surface area contributed by atoms with Gasteiger partial charge in [-0.05, 0) is 6.07 Å². The molecule has 0 heterocycles. The molecule has 2 aromatic rings. The van der Waals surface area contributed by atoms with Gasteiger partial charge in [0.15, 0.2) is 0 Å². The van der Waals surface area contributed by atoms with Crippen LogP contribution in [-0.4, -0.2) is 14.2 Å². The average molecular weight is 182 g/mol. The predicted molar refractivity (Wildman–Crippen MR) is 52.6 cm³/mol. The molecular formula is C11H11LiO2. The summed E-state index contributed by atoms with van der Waals surface area (Å²) in [7, 11) is 3.35. The Bertz CT molecular complexity index is 382. The number of ether oxygens (including phenoxy) is 2. The van der Waals surface area contributed by atoms with Crippen LogP contribution in [0, 0.1) is 0 Å². The second kappa shape index (κ2) is 4.50. The Kier molecular flexibility index (Phi) is 3.57. The van der Waals surface area contributed by atoms with E-state index < -0.39 is 0 Å². The van der Waals surface area contributed by atoms with Gasteiger partial charge >= 0.3 is 18.9 Å². The van der Waals surface area contributed by atoms with E-state index >= 15 is 0 Å². The van der Waals surface area contributed by atoms with E-state index in [2.05, 4.69) is 0 Å². The molecule has 0 spiro atoms. The maximum atomic E-state index is 5.23. The van der Waals surface area contributed by atoms with Crippen molar-refractivity contribution in [3.8, 4) is 11.5 Å². The van der Waals surface area contributed by atoms with Crippen molar-refractivity contribution in [1.82, 2.24) is 0 Å². The molecule has 3 heteroatoms. The first-order valence-electron chi connectivity index (χ1n) is 4.13. The van der Waals surface area contributed by atoms with Gasteiger partial charge in [-0.1, -0.05) is 11.5 Å². The molecule has 0 N–H and O–H groups in total. The molecule has 14 heavy (non-hydrogen) atoms. The van der Waals surface area contributed by atoms with Gasteiger partial charge in [0.25, 0.3) is 0 Å². The molecule has 0 atom stereocenters. The average Bonchev–Trinajstić information content (AvgIpc) is 2.64. The van der Waals surface area contributed by atoms with Crippen LogP contribution in [0.3, 0.4) is 0 Å². The van der Waals surface area contributed by atoms with Crippen LogP contribution < -0.4 is 28.3 Å². The first kappa shape index (κ1) is 11.1. The Balaban J connectivity index is 0.000000980. The molecular weight excluding hydrogens is 171 g/mol. The zero-order valence-corrected chi connectivity index (χ0v) is 8.70. The first-order valence-corrected chi connectivity index (χ1v) is 4.13. The normalized spacial score (nSPS) is 9.57. The van der Waals surface area contributed by atoms with Gasteiger partial charge in [0.05, 0.1) is 20.0 Å². The van der Waals surface area contributed by atoms with Crippen molar-refractivity contribution in [3.05, 3.63) is 30.3 Å². The first-order chi connectivity index (χ1) is 6.36. The van der Waals surface area contributed by atoms with Crippen LogP contribution in [0.1, 0.15) is 0 Å². The zero-order valence-electron chi connectivity index (χ0n) is 8.70. The third-order valence-electron chi connectivity index (χ3n) is 2.17. The van der Waals surface area contributed by atoms with Crippen LogP contribution in [0.15, 0.2) is 30.3 Å². The second-order valence-corrected chi connectivity index (χ2v) is 2.82. The molecule has 0 aliphatic rings. The molecule has 0 bridgehead atoms. The Hall–Kier alpha value is -0.973. The predicted octanol–water partition coefficient (Wildman–Crippen LogP) is -0.420. The van der Waals surface area contributed by atoms with Crippen molar-refractivity contribution in [2.45, 2.75) is 0 Å². The molecule has 0 aromatic heterocycles. The molecule has 0 aliphatic carbocycles. The standard InChI is InChI=1S/C11H11O2.Li/c1-12-10-6-7-11(13-2)9-5-3-4-8(9)10;/h3-7H,1-2H3;/q-1;+1. The monoisotopic (exact) mass is 182 g/mol. The second-order valence-electron chi connectivity index (χ2n) is 2.82. The van der Waals surface area contributed by atoms with E-state index in [4.69, 9.17) is 9.47 Å². The molecule has 0 amide bonds. The number of fused-ring (bicyclic) bond motifs is 1. The van der Waals surface area contributed by atoms with Crippen molar-refractivity contribution in [2.75, 3.05) is 14.2 Å². The van der Waals surface area contributed by atoms with Crippen LogP contribution in [-0.2, 0) is 0 Å². The van der Waals surface area contributed by atoms with Crippen LogP contribution >= 0.6 is 0 Å². The number of hydrogen-bond acceptors (Lipinski definition) is 2. The number of benzene rings is 1. The third kappa shape index (κ3) is 1.64. The molecule has 2 rings (SSSR count). The molecule has 0 radical (unpaired) electrons. The third-order valence-corrected chi connectivity index (χ3v) is 2.17. The summed E-state index contributed by atoms with van der Waals surface area (Å²) in [6.45, 7) is 0. The van der Waals surface area contributed by atoms with Gasteiger partial charge in [-0.2, -0.15) is 12.1 Å². The van der Waals surface area contributed by atoms with Gasteiger partial charge in [-0.25, -0.2) is 0 Å². The van der Waals surface area contributed by atoms with Crippen molar-refractivity contribution in [2.24, 2.45) is 0 Å². The van der Waals surface area contributed by atoms with Crippen LogP contribution in [0.25, 0.3) is 10.8 Å². The molecule has 0 unspecified atom stereocenters. The van der Waals surface area contributed by atoms with Crippen molar-refractivity contribution < 1.29 is 28.3 Å². The molecule has 68 valence electrons. The van der Waals surface area contributed by atoms with E-state index in [0.29, 0.717) is 0 Å². The summed E-state index contributed by atoms with van der Waals surface area (Å²) in [5, 5.41) is 2.20. The van der Waals surface area contributed by atoms with Crippen LogP contribution in [0.2, 0.25) is 0 Å². The smallest absolute Gasteiger partial charge is 0.539 e. The van der Waals surface area contributed by atoms with E-state index in [1.54, 1.807) is 14.2 Å². The minimum absolute atomic E-state index is 0. The van der Waals surface area contributed by atoms with Crippen LogP contribution in [0.4, 0.5) is 0 Å². The summed E-state index contributed by atoms with van der Waals surface area (Å²) in [4.78, 5) is 0. The Morgan fingerprint density at radius 1 is 1.00 bits per heavy atom. The summed E-state index contributed by atoms with van der Waals surface area (Å²) < 4.78 is 10.5. The summed E-state index contributed by atoms with van der Waals surface area (Å²) in [6, 6.07) is 9.88. The molecule has 0 saturated carbocycles. The minimum atomic E-state index is 0. The summed E-state index contributed by atoms with van der Waals surface area (Å²) >= 11 is 0. The van der Waals surface area contributed by atoms with Crippen molar-refractivity contribution in [3.63, 3.8) is 0 Å². The maximum absolute atomic E-state index is 5.23. The van der Waals surface area contributed by atoms with Gasteiger partial charge in [0, 0.05) is 5.75 Å². The fourth-order valence-corrected chi connectivity index (χ4v) is 1.54.